The third-order valence-corrected chi connectivity index (χ3v) is 3.71. The first-order valence-electron chi connectivity index (χ1n) is 7.31. The minimum Gasteiger partial charge on any atom is -0.478 e. The Hall–Kier alpha value is -3.54. The van der Waals surface area contributed by atoms with Crippen LogP contribution in [0.1, 0.15) is 21.7 Å². The number of aromatic carboxylic acids is 1. The number of fused-ring (bicyclic) bond motifs is 2. The van der Waals surface area contributed by atoms with Gasteiger partial charge in [-0.05, 0) is 30.4 Å². The molecule has 4 rings (SSSR count). The van der Waals surface area contributed by atoms with Crippen molar-refractivity contribution in [3.05, 3.63) is 71.9 Å². The van der Waals surface area contributed by atoms with E-state index in [1.807, 2.05) is 28.8 Å². The van der Waals surface area contributed by atoms with E-state index < -0.39 is 5.97 Å². The van der Waals surface area contributed by atoms with Gasteiger partial charge in [-0.25, -0.2) is 19.7 Å². The molecule has 0 amide bonds. The van der Waals surface area contributed by atoms with E-state index in [0.717, 1.165) is 5.69 Å². The molecule has 0 saturated carbocycles. The number of rotatable bonds is 3. The summed E-state index contributed by atoms with van der Waals surface area (Å²) in [6, 6.07) is 10.6. The number of pyridine rings is 1. The van der Waals surface area contributed by atoms with E-state index in [1.54, 1.807) is 42.7 Å². The van der Waals surface area contributed by atoms with Crippen molar-refractivity contribution in [2.24, 2.45) is 0 Å². The van der Waals surface area contributed by atoms with Crippen molar-refractivity contribution in [1.82, 2.24) is 19.4 Å². The lowest BCUT2D eigenvalue weighted by molar-refractivity contribution is 0.0699. The van der Waals surface area contributed by atoms with Gasteiger partial charge in [0.1, 0.15) is 0 Å². The molecule has 116 valence electrons. The number of para-hydroxylation sites is 1. The van der Waals surface area contributed by atoms with Crippen LogP contribution in [0.2, 0.25) is 0 Å². The van der Waals surface area contributed by atoms with Gasteiger partial charge in [0.25, 0.3) is 0 Å². The number of aromatic nitrogens is 4. The quantitative estimate of drug-likeness (QED) is 0.628. The summed E-state index contributed by atoms with van der Waals surface area (Å²) in [5, 5.41) is 10.1. The first-order valence-corrected chi connectivity index (χ1v) is 7.31. The number of hydrogen-bond acceptors (Lipinski definition) is 4. The highest BCUT2D eigenvalue weighted by Gasteiger charge is 2.10. The zero-order chi connectivity index (χ0) is 16.5. The molecule has 1 aromatic carbocycles. The van der Waals surface area contributed by atoms with Gasteiger partial charge in [-0.3, -0.25) is 4.40 Å². The smallest absolute Gasteiger partial charge is 0.336 e. The minimum atomic E-state index is -0.970. The molecular formula is C18H12N4O2. The molecule has 0 saturated heterocycles. The van der Waals surface area contributed by atoms with Gasteiger partial charge in [-0.1, -0.05) is 18.2 Å². The van der Waals surface area contributed by atoms with Gasteiger partial charge in [0.05, 0.1) is 28.7 Å². The van der Waals surface area contributed by atoms with Crippen LogP contribution in [0.5, 0.6) is 0 Å². The van der Waals surface area contributed by atoms with E-state index in [9.17, 15) is 9.90 Å². The maximum atomic E-state index is 11.5. The Balaban J connectivity index is 1.80. The number of imidazole rings is 1. The van der Waals surface area contributed by atoms with E-state index >= 15 is 0 Å². The van der Waals surface area contributed by atoms with E-state index in [1.165, 1.54) is 0 Å². The van der Waals surface area contributed by atoms with Gasteiger partial charge in [0.15, 0.2) is 0 Å². The average Bonchev–Trinajstić information content (AvgIpc) is 3.02. The molecule has 0 fully saturated rings. The number of nitrogens with zero attached hydrogens (tertiary/aromatic N) is 4. The predicted octanol–water partition coefficient (Wildman–Crippen LogP) is 3.15. The molecule has 0 aliphatic carbocycles. The van der Waals surface area contributed by atoms with Crippen LogP contribution in [0.3, 0.4) is 0 Å². The van der Waals surface area contributed by atoms with E-state index in [-0.39, 0.29) is 5.56 Å². The molecule has 0 radical (unpaired) electrons. The van der Waals surface area contributed by atoms with E-state index in [2.05, 4.69) is 15.0 Å². The molecule has 0 aliphatic rings. The molecule has 1 N–H and O–H groups in total. The second kappa shape index (κ2) is 5.58. The Morgan fingerprint density at radius 3 is 2.88 bits per heavy atom. The predicted molar refractivity (Wildman–Crippen MR) is 90.6 cm³/mol. The summed E-state index contributed by atoms with van der Waals surface area (Å²) in [7, 11) is 0. The number of hydrogen-bond donors (Lipinski definition) is 1. The molecule has 3 aromatic heterocycles. The highest BCUT2D eigenvalue weighted by atomic mass is 16.4. The van der Waals surface area contributed by atoms with Crippen molar-refractivity contribution in [3.8, 4) is 0 Å². The van der Waals surface area contributed by atoms with Gasteiger partial charge in [0.2, 0.25) is 5.78 Å². The highest BCUT2D eigenvalue weighted by molar-refractivity contribution is 6.03. The fourth-order valence-electron chi connectivity index (χ4n) is 2.60. The monoisotopic (exact) mass is 316 g/mol. The lowest BCUT2D eigenvalue weighted by Gasteiger charge is -2.04. The van der Waals surface area contributed by atoms with Gasteiger partial charge >= 0.3 is 5.97 Å². The normalized spacial score (nSPS) is 11.5. The summed E-state index contributed by atoms with van der Waals surface area (Å²) in [6.45, 7) is 0. The topological polar surface area (TPSA) is 80.4 Å². The maximum absolute atomic E-state index is 11.5. The van der Waals surface area contributed by atoms with Crippen LogP contribution in [0.25, 0.3) is 28.8 Å². The second-order valence-corrected chi connectivity index (χ2v) is 5.22. The van der Waals surface area contributed by atoms with Gasteiger partial charge in [0, 0.05) is 17.8 Å². The molecule has 24 heavy (non-hydrogen) atoms. The second-order valence-electron chi connectivity index (χ2n) is 5.22. The number of carbonyl (C=O) groups is 1. The first-order chi connectivity index (χ1) is 11.7. The molecule has 6 heteroatoms. The van der Waals surface area contributed by atoms with Crippen molar-refractivity contribution in [1.29, 1.82) is 0 Å². The van der Waals surface area contributed by atoms with Crippen molar-refractivity contribution in [2.75, 3.05) is 0 Å². The largest absolute Gasteiger partial charge is 0.478 e. The van der Waals surface area contributed by atoms with Crippen LogP contribution in [-0.2, 0) is 0 Å². The minimum absolute atomic E-state index is 0.236. The molecule has 0 spiro atoms. The third-order valence-electron chi connectivity index (χ3n) is 3.71. The van der Waals surface area contributed by atoms with Crippen LogP contribution < -0.4 is 0 Å². The molecular weight excluding hydrogens is 304 g/mol. The van der Waals surface area contributed by atoms with Gasteiger partial charge in [-0.2, -0.15) is 0 Å². The average molecular weight is 316 g/mol. The van der Waals surface area contributed by atoms with Crippen LogP contribution in [0, 0.1) is 0 Å². The number of benzene rings is 1. The summed E-state index contributed by atoms with van der Waals surface area (Å²) < 4.78 is 1.84. The zero-order valence-electron chi connectivity index (χ0n) is 12.5. The summed E-state index contributed by atoms with van der Waals surface area (Å²) >= 11 is 0. The van der Waals surface area contributed by atoms with Crippen molar-refractivity contribution >= 4 is 34.8 Å². The summed E-state index contributed by atoms with van der Waals surface area (Å²) in [4.78, 5) is 24.4. The van der Waals surface area contributed by atoms with Crippen molar-refractivity contribution in [3.63, 3.8) is 0 Å². The van der Waals surface area contributed by atoms with Crippen molar-refractivity contribution < 1.29 is 9.90 Å². The van der Waals surface area contributed by atoms with Gasteiger partial charge in [-0.15, -0.1) is 0 Å². The molecule has 0 aliphatic heterocycles. The summed E-state index contributed by atoms with van der Waals surface area (Å²) in [6.07, 6.45) is 8.86. The lowest BCUT2D eigenvalue weighted by atomic mass is 10.1. The summed E-state index contributed by atoms with van der Waals surface area (Å²) in [5.74, 6) is -0.364. The molecule has 3 heterocycles. The van der Waals surface area contributed by atoms with Crippen LogP contribution in [-0.4, -0.2) is 30.4 Å². The Morgan fingerprint density at radius 2 is 2.00 bits per heavy atom. The van der Waals surface area contributed by atoms with Crippen molar-refractivity contribution in [2.45, 2.75) is 0 Å². The molecule has 0 bridgehead atoms. The standard InChI is InChI=1S/C18H12N4O2/c23-17(24)15-10-12(21-16-5-2-1-4-14(15)16)6-7-13-11-20-18-19-8-3-9-22(13)18/h1-11H,(H,23,24)/b7-6+. The molecule has 0 atom stereocenters. The Labute approximate surface area is 136 Å². The summed E-state index contributed by atoms with van der Waals surface area (Å²) in [5.41, 5.74) is 2.30. The number of carboxylic acids is 1. The SMILES string of the molecule is O=C(O)c1cc(/C=C/c2cnc3ncccn23)nc2ccccc12. The van der Waals surface area contributed by atoms with E-state index in [4.69, 9.17) is 0 Å². The van der Waals surface area contributed by atoms with Gasteiger partial charge < -0.3 is 5.11 Å². The van der Waals surface area contributed by atoms with E-state index in [0.29, 0.717) is 22.4 Å². The zero-order valence-corrected chi connectivity index (χ0v) is 12.5. The number of carboxylic acid groups (broad SMARTS) is 1. The lowest BCUT2D eigenvalue weighted by Crippen LogP contribution is -2.00. The van der Waals surface area contributed by atoms with Crippen LogP contribution in [0.4, 0.5) is 0 Å². The molecule has 0 unspecified atom stereocenters. The first kappa shape index (κ1) is 14.1. The third kappa shape index (κ3) is 2.40. The molecule has 4 aromatic rings. The fraction of sp³-hybridized carbons (Fsp3) is 0. The Bertz CT molecular complexity index is 1100. The van der Waals surface area contributed by atoms with Crippen LogP contribution in [0.15, 0.2) is 55.0 Å². The highest BCUT2D eigenvalue weighted by Crippen LogP contribution is 2.19. The fourth-order valence-corrected chi connectivity index (χ4v) is 2.60. The Kier molecular flexibility index (Phi) is 3.28. The molecule has 6 nitrogen and oxygen atoms in total. The van der Waals surface area contributed by atoms with Crippen LogP contribution >= 0.6 is 0 Å². The maximum Gasteiger partial charge on any atom is 0.336 e. The Morgan fingerprint density at radius 1 is 1.12 bits per heavy atom.